The lowest BCUT2D eigenvalue weighted by Crippen LogP contribution is -2.29. The first-order chi connectivity index (χ1) is 7.84. The summed E-state index contributed by atoms with van der Waals surface area (Å²) >= 11 is 3.05. The molecule has 1 aromatic rings. The Morgan fingerprint density at radius 1 is 1.47 bits per heavy atom. The van der Waals surface area contributed by atoms with Crippen LogP contribution in [0.15, 0.2) is 21.5 Å². The van der Waals surface area contributed by atoms with E-state index in [1.807, 2.05) is 0 Å². The molecule has 0 aliphatic heterocycles. The second-order valence-corrected chi connectivity index (χ2v) is 6.88. The van der Waals surface area contributed by atoms with Crippen LogP contribution >= 0.6 is 15.9 Å². The van der Waals surface area contributed by atoms with Gasteiger partial charge in [-0.1, -0.05) is 0 Å². The lowest BCUT2D eigenvalue weighted by Gasteiger charge is -2.17. The maximum atomic E-state index is 13.7. The van der Waals surface area contributed by atoms with Gasteiger partial charge in [-0.3, -0.25) is 0 Å². The number of hydrogen-bond donors (Lipinski definition) is 1. The molecule has 1 aromatic carbocycles. The molecule has 1 aliphatic carbocycles. The molecule has 2 N–H and O–H groups in total. The number of nitrogens with two attached hydrogens (primary N) is 1. The highest BCUT2D eigenvalue weighted by Gasteiger charge is 2.36. The Morgan fingerprint density at radius 2 is 2.06 bits per heavy atom. The molecule has 0 atom stereocenters. The highest BCUT2D eigenvalue weighted by molar-refractivity contribution is 9.10. The summed E-state index contributed by atoms with van der Waals surface area (Å²) in [6, 6.07) is 2.21. The molecule has 0 spiro atoms. The fourth-order valence-electron chi connectivity index (χ4n) is 1.53. The van der Waals surface area contributed by atoms with Gasteiger partial charge in [0, 0.05) is 23.2 Å². The van der Waals surface area contributed by atoms with Crippen LogP contribution in [0.25, 0.3) is 0 Å². The summed E-state index contributed by atoms with van der Waals surface area (Å²) in [5.41, 5.74) is 5.78. The fourth-order valence-corrected chi connectivity index (χ4v) is 3.34. The van der Waals surface area contributed by atoms with Crippen LogP contribution in [-0.2, 0) is 10.0 Å². The van der Waals surface area contributed by atoms with Gasteiger partial charge in [-0.25, -0.2) is 12.8 Å². The second-order valence-electron chi connectivity index (χ2n) is 4.06. The van der Waals surface area contributed by atoms with Crippen LogP contribution in [0.2, 0.25) is 0 Å². The third-order valence-corrected chi connectivity index (χ3v) is 5.38. The Labute approximate surface area is 108 Å². The van der Waals surface area contributed by atoms with Gasteiger partial charge in [0.1, 0.15) is 10.7 Å². The number of nitrogen functional groups attached to an aromatic ring is 1. The van der Waals surface area contributed by atoms with Gasteiger partial charge in [0.05, 0.1) is 0 Å². The number of rotatable bonds is 3. The van der Waals surface area contributed by atoms with E-state index < -0.39 is 15.8 Å². The van der Waals surface area contributed by atoms with Crippen molar-refractivity contribution in [2.45, 2.75) is 23.8 Å². The lowest BCUT2D eigenvalue weighted by atomic mass is 10.3. The van der Waals surface area contributed by atoms with E-state index >= 15 is 0 Å². The number of anilines is 1. The SMILES string of the molecule is CN(C1CC1)S(=O)(=O)c1cc(N)c(Br)cc1F. The van der Waals surface area contributed by atoms with Crippen LogP contribution in [-0.4, -0.2) is 25.8 Å². The highest BCUT2D eigenvalue weighted by Crippen LogP contribution is 2.33. The standard InChI is InChI=1S/C10H12BrFN2O2S/c1-14(6-2-3-6)17(15,16)10-5-9(13)7(11)4-8(10)12/h4-6H,2-3,13H2,1H3. The van der Waals surface area contributed by atoms with Crippen molar-refractivity contribution in [2.75, 3.05) is 12.8 Å². The van der Waals surface area contributed by atoms with E-state index in [4.69, 9.17) is 5.73 Å². The average Bonchev–Trinajstić information content (AvgIpc) is 3.05. The largest absolute Gasteiger partial charge is 0.398 e. The second kappa shape index (κ2) is 4.22. The van der Waals surface area contributed by atoms with Crippen LogP contribution in [0, 0.1) is 5.82 Å². The van der Waals surface area contributed by atoms with Gasteiger partial charge in [0.25, 0.3) is 0 Å². The molecule has 17 heavy (non-hydrogen) atoms. The van der Waals surface area contributed by atoms with Crippen molar-refractivity contribution >= 4 is 31.6 Å². The molecule has 1 fully saturated rings. The fraction of sp³-hybridized carbons (Fsp3) is 0.400. The van der Waals surface area contributed by atoms with Gasteiger partial charge >= 0.3 is 0 Å². The van der Waals surface area contributed by atoms with E-state index in [1.165, 1.54) is 11.4 Å². The summed E-state index contributed by atoms with van der Waals surface area (Å²) in [5.74, 6) is -0.793. The normalized spacial score (nSPS) is 16.5. The molecule has 0 radical (unpaired) electrons. The van der Waals surface area contributed by atoms with Crippen molar-refractivity contribution < 1.29 is 12.8 Å². The number of hydrogen-bond acceptors (Lipinski definition) is 3. The zero-order chi connectivity index (χ0) is 12.8. The van der Waals surface area contributed by atoms with E-state index in [0.717, 1.165) is 25.0 Å². The first-order valence-electron chi connectivity index (χ1n) is 5.06. The molecular formula is C10H12BrFN2O2S. The van der Waals surface area contributed by atoms with Crippen molar-refractivity contribution in [1.82, 2.24) is 4.31 Å². The molecule has 0 unspecified atom stereocenters. The quantitative estimate of drug-likeness (QED) is 0.865. The van der Waals surface area contributed by atoms with Crippen LogP contribution in [0.1, 0.15) is 12.8 Å². The molecular weight excluding hydrogens is 311 g/mol. The van der Waals surface area contributed by atoms with E-state index in [0.29, 0.717) is 4.47 Å². The molecule has 7 heteroatoms. The summed E-state index contributed by atoms with van der Waals surface area (Å²) in [7, 11) is -2.33. The van der Waals surface area contributed by atoms with Crippen molar-refractivity contribution in [2.24, 2.45) is 0 Å². The van der Waals surface area contributed by atoms with Gasteiger partial charge in [0.2, 0.25) is 10.0 Å². The Bertz CT molecular complexity index is 558. The lowest BCUT2D eigenvalue weighted by molar-refractivity contribution is 0.457. The molecule has 2 rings (SSSR count). The third-order valence-electron chi connectivity index (χ3n) is 2.77. The van der Waals surface area contributed by atoms with E-state index in [1.54, 1.807) is 0 Å². The van der Waals surface area contributed by atoms with Gasteiger partial charge in [-0.05, 0) is 40.9 Å². The summed E-state index contributed by atoms with van der Waals surface area (Å²) in [4.78, 5) is -0.368. The first-order valence-corrected chi connectivity index (χ1v) is 7.30. The Kier molecular flexibility index (Phi) is 3.17. The third kappa shape index (κ3) is 2.31. The summed E-state index contributed by atoms with van der Waals surface area (Å²) < 4.78 is 39.5. The zero-order valence-electron chi connectivity index (χ0n) is 9.15. The monoisotopic (exact) mass is 322 g/mol. The Hall–Kier alpha value is -0.660. The molecule has 4 nitrogen and oxygen atoms in total. The van der Waals surface area contributed by atoms with E-state index in [-0.39, 0.29) is 16.6 Å². The highest BCUT2D eigenvalue weighted by atomic mass is 79.9. The van der Waals surface area contributed by atoms with E-state index in [9.17, 15) is 12.8 Å². The van der Waals surface area contributed by atoms with Gasteiger partial charge in [-0.2, -0.15) is 4.31 Å². The molecule has 0 aromatic heterocycles. The summed E-state index contributed by atoms with van der Waals surface area (Å²) in [5, 5.41) is 0. The van der Waals surface area contributed by atoms with Crippen LogP contribution in [0.3, 0.4) is 0 Å². The van der Waals surface area contributed by atoms with Crippen LogP contribution in [0.5, 0.6) is 0 Å². The molecule has 0 saturated heterocycles. The molecule has 94 valence electrons. The maximum Gasteiger partial charge on any atom is 0.246 e. The first kappa shape index (κ1) is 12.8. The summed E-state index contributed by atoms with van der Waals surface area (Å²) in [6.07, 6.45) is 1.65. The minimum Gasteiger partial charge on any atom is -0.398 e. The molecule has 0 heterocycles. The molecule has 0 bridgehead atoms. The smallest absolute Gasteiger partial charge is 0.246 e. The number of nitrogens with zero attached hydrogens (tertiary/aromatic N) is 1. The van der Waals surface area contributed by atoms with Crippen molar-refractivity contribution in [3.05, 3.63) is 22.4 Å². The van der Waals surface area contributed by atoms with Gasteiger partial charge in [-0.15, -0.1) is 0 Å². The van der Waals surface area contributed by atoms with E-state index in [2.05, 4.69) is 15.9 Å². The van der Waals surface area contributed by atoms with Crippen LogP contribution in [0.4, 0.5) is 10.1 Å². The maximum absolute atomic E-state index is 13.7. The Balaban J connectivity index is 2.49. The number of halogens is 2. The van der Waals surface area contributed by atoms with Crippen molar-refractivity contribution in [1.29, 1.82) is 0 Å². The van der Waals surface area contributed by atoms with Crippen molar-refractivity contribution in [3.8, 4) is 0 Å². The van der Waals surface area contributed by atoms with Gasteiger partial charge < -0.3 is 5.73 Å². The summed E-state index contributed by atoms with van der Waals surface area (Å²) in [6.45, 7) is 0. The Morgan fingerprint density at radius 3 is 2.59 bits per heavy atom. The molecule has 1 aliphatic rings. The predicted octanol–water partition coefficient (Wildman–Crippen LogP) is 1.95. The molecule has 0 amide bonds. The van der Waals surface area contributed by atoms with Gasteiger partial charge in [0.15, 0.2) is 0 Å². The topological polar surface area (TPSA) is 63.4 Å². The predicted molar refractivity (Wildman–Crippen MR) is 66.5 cm³/mol. The zero-order valence-corrected chi connectivity index (χ0v) is 11.6. The number of benzene rings is 1. The van der Waals surface area contributed by atoms with Crippen LogP contribution < -0.4 is 5.73 Å². The average molecular weight is 323 g/mol. The number of sulfonamides is 1. The minimum atomic E-state index is -3.79. The van der Waals surface area contributed by atoms with Crippen molar-refractivity contribution in [3.63, 3.8) is 0 Å². The molecule has 1 saturated carbocycles. The minimum absolute atomic E-state index is 0.00993.